The molecule has 1 fully saturated rings. The molecule has 1 aromatic carbocycles. The summed E-state index contributed by atoms with van der Waals surface area (Å²) in [5, 5.41) is 13.1. The average Bonchev–Trinajstić information content (AvgIpc) is 2.68. The van der Waals surface area contributed by atoms with Gasteiger partial charge in [-0.3, -0.25) is 0 Å². The molecule has 1 unspecified atom stereocenters. The first-order chi connectivity index (χ1) is 12.6. The molecule has 7 heteroatoms. The topological polar surface area (TPSA) is 70.4 Å². The van der Waals surface area contributed by atoms with Crippen molar-refractivity contribution in [3.63, 3.8) is 0 Å². The van der Waals surface area contributed by atoms with E-state index in [1.807, 2.05) is 30.3 Å². The van der Waals surface area contributed by atoms with Crippen LogP contribution < -0.4 is 19.7 Å². The third-order valence-electron chi connectivity index (χ3n) is 4.40. The number of pyridine rings is 1. The summed E-state index contributed by atoms with van der Waals surface area (Å²) in [6, 6.07) is 11.6. The van der Waals surface area contributed by atoms with Gasteiger partial charge in [-0.25, -0.2) is 4.98 Å². The van der Waals surface area contributed by atoms with Crippen molar-refractivity contribution in [2.45, 2.75) is 18.9 Å². The number of hydrogen-bond donors (Lipinski definition) is 1. The van der Waals surface area contributed by atoms with E-state index in [4.69, 9.17) is 26.3 Å². The highest BCUT2D eigenvalue weighted by Crippen LogP contribution is 2.28. The minimum absolute atomic E-state index is 0.253. The summed E-state index contributed by atoms with van der Waals surface area (Å²) in [7, 11) is 3.28. The van der Waals surface area contributed by atoms with Gasteiger partial charge >= 0.3 is 0 Å². The van der Waals surface area contributed by atoms with Crippen LogP contribution in [-0.2, 0) is 0 Å². The zero-order valence-electron chi connectivity index (χ0n) is 14.8. The van der Waals surface area contributed by atoms with Crippen LogP contribution in [0, 0.1) is 11.3 Å². The lowest BCUT2D eigenvalue weighted by Gasteiger charge is -2.34. The third-order valence-corrected chi connectivity index (χ3v) is 4.71. The van der Waals surface area contributed by atoms with E-state index in [0.717, 1.165) is 48.9 Å². The zero-order chi connectivity index (χ0) is 18.5. The lowest BCUT2D eigenvalue weighted by molar-refractivity contribution is 0.394. The Morgan fingerprint density at radius 1 is 1.23 bits per heavy atom. The molecule has 0 bridgehead atoms. The SMILES string of the molecule is COc1cc(NC2CCCN(c3ccc(Cl)c(C#N)n3)C2)cc(OC)c1. The van der Waals surface area contributed by atoms with Crippen molar-refractivity contribution < 1.29 is 9.47 Å². The Morgan fingerprint density at radius 3 is 2.62 bits per heavy atom. The number of rotatable bonds is 5. The highest BCUT2D eigenvalue weighted by atomic mass is 35.5. The first-order valence-electron chi connectivity index (χ1n) is 8.44. The Balaban J connectivity index is 1.74. The lowest BCUT2D eigenvalue weighted by Crippen LogP contribution is -2.42. The van der Waals surface area contributed by atoms with Crippen LogP contribution >= 0.6 is 11.6 Å². The predicted molar refractivity (Wildman–Crippen MR) is 102 cm³/mol. The van der Waals surface area contributed by atoms with Crippen LogP contribution in [0.4, 0.5) is 11.5 Å². The maximum atomic E-state index is 9.14. The molecule has 136 valence electrons. The highest BCUT2D eigenvalue weighted by molar-refractivity contribution is 6.31. The zero-order valence-corrected chi connectivity index (χ0v) is 15.6. The largest absolute Gasteiger partial charge is 0.497 e. The number of nitrogens with zero attached hydrogens (tertiary/aromatic N) is 3. The van der Waals surface area contributed by atoms with Gasteiger partial charge in [-0.1, -0.05) is 11.6 Å². The predicted octanol–water partition coefficient (Wildman–Crippen LogP) is 3.70. The quantitative estimate of drug-likeness (QED) is 0.862. The van der Waals surface area contributed by atoms with Crippen LogP contribution in [-0.4, -0.2) is 38.3 Å². The van der Waals surface area contributed by atoms with Crippen molar-refractivity contribution in [2.75, 3.05) is 37.5 Å². The Labute approximate surface area is 158 Å². The average molecular weight is 373 g/mol. The van der Waals surface area contributed by atoms with Crippen LogP contribution in [0.2, 0.25) is 5.02 Å². The van der Waals surface area contributed by atoms with E-state index in [9.17, 15) is 0 Å². The molecule has 1 atom stereocenters. The fourth-order valence-corrected chi connectivity index (χ4v) is 3.26. The molecule has 1 saturated heterocycles. The monoisotopic (exact) mass is 372 g/mol. The maximum absolute atomic E-state index is 9.14. The third kappa shape index (κ3) is 4.12. The summed E-state index contributed by atoms with van der Waals surface area (Å²) in [6.45, 7) is 1.69. The van der Waals surface area contributed by atoms with Gasteiger partial charge in [-0.2, -0.15) is 5.26 Å². The minimum atomic E-state index is 0.253. The molecule has 0 radical (unpaired) electrons. The summed E-state index contributed by atoms with van der Waals surface area (Å²) in [4.78, 5) is 6.55. The second kappa shape index (κ2) is 8.15. The van der Waals surface area contributed by atoms with Gasteiger partial charge in [0.05, 0.1) is 19.2 Å². The fourth-order valence-electron chi connectivity index (χ4n) is 3.12. The van der Waals surface area contributed by atoms with E-state index < -0.39 is 0 Å². The number of nitrogens with one attached hydrogen (secondary N) is 1. The molecule has 0 spiro atoms. The van der Waals surface area contributed by atoms with Gasteiger partial charge in [0.25, 0.3) is 0 Å². The molecule has 6 nitrogen and oxygen atoms in total. The van der Waals surface area contributed by atoms with Crippen LogP contribution in [0.3, 0.4) is 0 Å². The van der Waals surface area contributed by atoms with Crippen LogP contribution in [0.25, 0.3) is 0 Å². The highest BCUT2D eigenvalue weighted by Gasteiger charge is 2.22. The Bertz CT molecular complexity index is 799. The second-order valence-corrected chi connectivity index (χ2v) is 6.55. The van der Waals surface area contributed by atoms with Gasteiger partial charge in [0.15, 0.2) is 5.69 Å². The van der Waals surface area contributed by atoms with Gasteiger partial charge in [0.2, 0.25) is 0 Å². The van der Waals surface area contributed by atoms with Crippen molar-refractivity contribution >= 4 is 23.1 Å². The Morgan fingerprint density at radius 2 is 1.96 bits per heavy atom. The lowest BCUT2D eigenvalue weighted by atomic mass is 10.0. The molecule has 0 aliphatic carbocycles. The standard InChI is InChI=1S/C19H21ClN4O2/c1-25-15-8-14(9-16(10-15)26-2)22-13-4-3-7-24(12-13)19-6-5-17(20)18(11-21)23-19/h5-6,8-10,13,22H,3-4,7,12H2,1-2H3. The first-order valence-corrected chi connectivity index (χ1v) is 8.82. The number of piperidine rings is 1. The van der Waals surface area contributed by atoms with E-state index >= 15 is 0 Å². The van der Waals surface area contributed by atoms with Crippen molar-refractivity contribution in [1.29, 1.82) is 5.26 Å². The van der Waals surface area contributed by atoms with E-state index in [0.29, 0.717) is 5.02 Å². The molecule has 26 heavy (non-hydrogen) atoms. The summed E-state index contributed by atoms with van der Waals surface area (Å²) >= 11 is 5.99. The number of ether oxygens (including phenoxy) is 2. The fraction of sp³-hybridized carbons (Fsp3) is 0.368. The number of methoxy groups -OCH3 is 2. The molecular formula is C19H21ClN4O2. The van der Waals surface area contributed by atoms with E-state index in [-0.39, 0.29) is 11.7 Å². The van der Waals surface area contributed by atoms with Crippen molar-refractivity contribution in [3.8, 4) is 17.6 Å². The van der Waals surface area contributed by atoms with Crippen LogP contribution in [0.5, 0.6) is 11.5 Å². The molecule has 1 aromatic heterocycles. The van der Waals surface area contributed by atoms with Crippen molar-refractivity contribution in [3.05, 3.63) is 41.0 Å². The molecular weight excluding hydrogens is 352 g/mol. The number of aromatic nitrogens is 1. The molecule has 2 aromatic rings. The van der Waals surface area contributed by atoms with Gasteiger partial charge in [-0.05, 0) is 25.0 Å². The summed E-state index contributed by atoms with van der Waals surface area (Å²) in [6.07, 6.45) is 2.08. The van der Waals surface area contributed by atoms with Gasteiger partial charge in [0, 0.05) is 43.0 Å². The number of halogens is 1. The van der Waals surface area contributed by atoms with Gasteiger partial charge < -0.3 is 19.7 Å². The summed E-state index contributed by atoms with van der Waals surface area (Å²) in [5.41, 5.74) is 1.21. The summed E-state index contributed by atoms with van der Waals surface area (Å²) in [5.74, 6) is 2.27. The van der Waals surface area contributed by atoms with E-state index in [2.05, 4.69) is 15.2 Å². The number of nitriles is 1. The number of hydrogen-bond acceptors (Lipinski definition) is 6. The normalized spacial score (nSPS) is 16.7. The molecule has 1 aliphatic heterocycles. The van der Waals surface area contributed by atoms with Gasteiger partial charge in [0.1, 0.15) is 23.4 Å². The molecule has 1 aliphatic rings. The van der Waals surface area contributed by atoms with Crippen LogP contribution in [0.15, 0.2) is 30.3 Å². The summed E-state index contributed by atoms with van der Waals surface area (Å²) < 4.78 is 10.7. The van der Waals surface area contributed by atoms with E-state index in [1.165, 1.54) is 0 Å². The molecule has 2 heterocycles. The maximum Gasteiger partial charge on any atom is 0.161 e. The smallest absolute Gasteiger partial charge is 0.161 e. The van der Waals surface area contributed by atoms with Gasteiger partial charge in [-0.15, -0.1) is 0 Å². The molecule has 0 amide bonds. The van der Waals surface area contributed by atoms with E-state index in [1.54, 1.807) is 20.3 Å². The number of anilines is 2. The molecule has 3 rings (SSSR count). The molecule has 1 N–H and O–H groups in total. The second-order valence-electron chi connectivity index (χ2n) is 6.14. The van der Waals surface area contributed by atoms with Crippen molar-refractivity contribution in [2.24, 2.45) is 0 Å². The van der Waals surface area contributed by atoms with Crippen LogP contribution in [0.1, 0.15) is 18.5 Å². The first kappa shape index (κ1) is 18.2. The number of benzene rings is 1. The Hall–Kier alpha value is -2.65. The van der Waals surface area contributed by atoms with Crippen molar-refractivity contribution in [1.82, 2.24) is 4.98 Å². The minimum Gasteiger partial charge on any atom is -0.497 e. The Kier molecular flexibility index (Phi) is 5.69. The molecule has 0 saturated carbocycles.